The molecule has 0 aliphatic carbocycles. The Bertz CT molecular complexity index is 527. The summed E-state index contributed by atoms with van der Waals surface area (Å²) in [6, 6.07) is 4.48. The molecule has 0 aliphatic heterocycles. The first-order valence-electron chi connectivity index (χ1n) is 4.92. The largest absolute Gasteiger partial charge is 0.224 e. The average molecular weight is 275 g/mol. The molecule has 4 nitrogen and oxygen atoms in total. The van der Waals surface area contributed by atoms with Crippen molar-refractivity contribution in [3.05, 3.63) is 40.4 Å². The van der Waals surface area contributed by atoms with E-state index in [0.717, 1.165) is 5.56 Å². The molecule has 0 N–H and O–H groups in total. The van der Waals surface area contributed by atoms with Crippen LogP contribution in [0.4, 0.5) is 4.39 Å². The normalized spacial score (nSPS) is 12.7. The Labute approximate surface area is 107 Å². The van der Waals surface area contributed by atoms with E-state index in [1.807, 2.05) is 0 Å². The second kappa shape index (κ2) is 4.98. The van der Waals surface area contributed by atoms with Crippen molar-refractivity contribution in [2.24, 2.45) is 0 Å². The molecule has 17 heavy (non-hydrogen) atoms. The van der Waals surface area contributed by atoms with Crippen molar-refractivity contribution in [2.45, 2.75) is 18.8 Å². The fourth-order valence-corrected chi connectivity index (χ4v) is 1.78. The third kappa shape index (κ3) is 2.73. The maximum absolute atomic E-state index is 13.0. The highest BCUT2D eigenvalue weighted by atomic mass is 35.5. The van der Waals surface area contributed by atoms with Gasteiger partial charge in [-0.2, -0.15) is 0 Å². The Kier molecular flexibility index (Phi) is 3.59. The van der Waals surface area contributed by atoms with Gasteiger partial charge in [0.05, 0.1) is 16.9 Å². The van der Waals surface area contributed by atoms with Crippen LogP contribution in [-0.2, 0) is 6.54 Å². The number of halogens is 3. The molecule has 0 aliphatic rings. The van der Waals surface area contributed by atoms with E-state index in [1.54, 1.807) is 23.7 Å². The van der Waals surface area contributed by atoms with Crippen molar-refractivity contribution < 1.29 is 4.39 Å². The SMILES string of the molecule is CC(Cl)c1nnnn1Cc1ccc(F)c(Cl)c1. The summed E-state index contributed by atoms with van der Waals surface area (Å²) in [6.07, 6.45) is 0. The summed E-state index contributed by atoms with van der Waals surface area (Å²) >= 11 is 11.6. The molecule has 1 aromatic carbocycles. The Morgan fingerprint density at radius 1 is 1.47 bits per heavy atom. The smallest absolute Gasteiger partial charge is 0.169 e. The summed E-state index contributed by atoms with van der Waals surface area (Å²) in [5.41, 5.74) is 0.808. The van der Waals surface area contributed by atoms with Gasteiger partial charge in [0.15, 0.2) is 5.82 Å². The maximum Gasteiger partial charge on any atom is 0.169 e. The van der Waals surface area contributed by atoms with Gasteiger partial charge in [-0.25, -0.2) is 9.07 Å². The molecule has 90 valence electrons. The highest BCUT2D eigenvalue weighted by Crippen LogP contribution is 2.19. The van der Waals surface area contributed by atoms with Crippen LogP contribution in [0, 0.1) is 5.82 Å². The van der Waals surface area contributed by atoms with Crippen LogP contribution in [0.2, 0.25) is 5.02 Å². The Hall–Kier alpha value is -1.20. The monoisotopic (exact) mass is 274 g/mol. The third-order valence-corrected chi connectivity index (χ3v) is 2.72. The standard InChI is InChI=1S/C10H9Cl2FN4/c1-6(11)10-14-15-16-17(10)5-7-2-3-9(13)8(12)4-7/h2-4,6H,5H2,1H3. The number of hydrogen-bond donors (Lipinski definition) is 0. The Morgan fingerprint density at radius 2 is 2.24 bits per heavy atom. The van der Waals surface area contributed by atoms with E-state index in [4.69, 9.17) is 23.2 Å². The predicted octanol–water partition coefficient (Wildman–Crippen LogP) is 2.81. The molecule has 1 heterocycles. The van der Waals surface area contributed by atoms with E-state index < -0.39 is 5.82 Å². The second-order valence-electron chi connectivity index (χ2n) is 3.56. The quantitative estimate of drug-likeness (QED) is 0.809. The summed E-state index contributed by atoms with van der Waals surface area (Å²) in [4.78, 5) is 0. The van der Waals surface area contributed by atoms with E-state index in [0.29, 0.717) is 12.4 Å². The van der Waals surface area contributed by atoms with Crippen LogP contribution >= 0.6 is 23.2 Å². The molecule has 0 radical (unpaired) electrons. The highest BCUT2D eigenvalue weighted by Gasteiger charge is 2.12. The van der Waals surface area contributed by atoms with Gasteiger partial charge < -0.3 is 0 Å². The number of aromatic nitrogens is 4. The molecule has 2 aromatic rings. The lowest BCUT2D eigenvalue weighted by Crippen LogP contribution is -2.07. The molecule has 0 saturated carbocycles. The lowest BCUT2D eigenvalue weighted by atomic mass is 10.2. The predicted molar refractivity (Wildman–Crippen MR) is 62.6 cm³/mol. The van der Waals surface area contributed by atoms with Crippen LogP contribution in [0.1, 0.15) is 23.7 Å². The van der Waals surface area contributed by atoms with Crippen LogP contribution in [0.15, 0.2) is 18.2 Å². The van der Waals surface area contributed by atoms with Crippen molar-refractivity contribution in [1.82, 2.24) is 20.2 Å². The van der Waals surface area contributed by atoms with E-state index in [2.05, 4.69) is 15.5 Å². The highest BCUT2D eigenvalue weighted by molar-refractivity contribution is 6.30. The summed E-state index contributed by atoms with van der Waals surface area (Å²) in [7, 11) is 0. The lowest BCUT2D eigenvalue weighted by molar-refractivity contribution is 0.610. The first-order chi connectivity index (χ1) is 8.08. The molecule has 2 rings (SSSR count). The van der Waals surface area contributed by atoms with Crippen molar-refractivity contribution >= 4 is 23.2 Å². The van der Waals surface area contributed by atoms with Crippen LogP contribution in [-0.4, -0.2) is 20.2 Å². The van der Waals surface area contributed by atoms with Crippen molar-refractivity contribution in [2.75, 3.05) is 0 Å². The fourth-order valence-electron chi connectivity index (χ4n) is 1.42. The summed E-state index contributed by atoms with van der Waals surface area (Å²) in [5.74, 6) is 0.116. The van der Waals surface area contributed by atoms with E-state index >= 15 is 0 Å². The molecule has 1 atom stereocenters. The van der Waals surface area contributed by atoms with Crippen molar-refractivity contribution in [3.8, 4) is 0 Å². The second-order valence-corrected chi connectivity index (χ2v) is 4.62. The maximum atomic E-state index is 13.0. The number of alkyl halides is 1. The topological polar surface area (TPSA) is 43.6 Å². The van der Waals surface area contributed by atoms with Gasteiger partial charge in [0, 0.05) is 0 Å². The van der Waals surface area contributed by atoms with Gasteiger partial charge in [0.2, 0.25) is 0 Å². The van der Waals surface area contributed by atoms with Crippen LogP contribution in [0.3, 0.4) is 0 Å². The van der Waals surface area contributed by atoms with Gasteiger partial charge in [-0.15, -0.1) is 16.7 Å². The minimum absolute atomic E-state index is 0.0797. The van der Waals surface area contributed by atoms with Crippen molar-refractivity contribution in [3.63, 3.8) is 0 Å². The summed E-state index contributed by atoms with van der Waals surface area (Å²) in [6.45, 7) is 2.18. The number of hydrogen-bond acceptors (Lipinski definition) is 3. The molecule has 0 saturated heterocycles. The first kappa shape index (κ1) is 12.3. The van der Waals surface area contributed by atoms with Crippen LogP contribution in [0.5, 0.6) is 0 Å². The molecule has 7 heteroatoms. The number of tetrazole rings is 1. The van der Waals surface area contributed by atoms with Gasteiger partial charge in [0.25, 0.3) is 0 Å². The first-order valence-corrected chi connectivity index (χ1v) is 5.73. The average Bonchev–Trinajstić information content (AvgIpc) is 2.72. The van der Waals surface area contributed by atoms with E-state index in [-0.39, 0.29) is 10.4 Å². The number of benzene rings is 1. The van der Waals surface area contributed by atoms with Gasteiger partial charge >= 0.3 is 0 Å². The molecule has 1 aromatic heterocycles. The van der Waals surface area contributed by atoms with Crippen LogP contribution < -0.4 is 0 Å². The van der Waals surface area contributed by atoms with E-state index in [1.165, 1.54) is 6.07 Å². The zero-order valence-corrected chi connectivity index (χ0v) is 10.5. The van der Waals surface area contributed by atoms with Gasteiger partial charge in [-0.3, -0.25) is 0 Å². The van der Waals surface area contributed by atoms with Crippen LogP contribution in [0.25, 0.3) is 0 Å². The zero-order chi connectivity index (χ0) is 12.4. The molecule has 1 unspecified atom stereocenters. The minimum atomic E-state index is -0.446. The number of nitrogens with zero attached hydrogens (tertiary/aromatic N) is 4. The third-order valence-electron chi connectivity index (χ3n) is 2.23. The molecule has 0 spiro atoms. The lowest BCUT2D eigenvalue weighted by Gasteiger charge is -2.06. The van der Waals surface area contributed by atoms with Gasteiger partial charge in [-0.05, 0) is 35.0 Å². The molecular formula is C10H9Cl2FN4. The summed E-state index contributed by atoms with van der Waals surface area (Å²) < 4.78 is 14.5. The van der Waals surface area contributed by atoms with Crippen molar-refractivity contribution in [1.29, 1.82) is 0 Å². The fraction of sp³-hybridized carbons (Fsp3) is 0.300. The minimum Gasteiger partial charge on any atom is -0.224 e. The molecule has 0 amide bonds. The number of rotatable bonds is 3. The Balaban J connectivity index is 2.25. The Morgan fingerprint density at radius 3 is 2.88 bits per heavy atom. The molecule has 0 bridgehead atoms. The zero-order valence-electron chi connectivity index (χ0n) is 8.94. The van der Waals surface area contributed by atoms with Gasteiger partial charge in [-0.1, -0.05) is 17.7 Å². The molecule has 0 fully saturated rings. The molecular weight excluding hydrogens is 266 g/mol. The van der Waals surface area contributed by atoms with E-state index in [9.17, 15) is 4.39 Å². The summed E-state index contributed by atoms with van der Waals surface area (Å²) in [5, 5.41) is 11.0. The van der Waals surface area contributed by atoms with Gasteiger partial charge in [0.1, 0.15) is 5.82 Å².